The maximum absolute atomic E-state index is 13.9. The Morgan fingerprint density at radius 3 is 2.69 bits per heavy atom. The first-order valence-corrected chi connectivity index (χ1v) is 11.9. The largest absolute Gasteiger partial charge is 0.307 e. The Kier molecular flexibility index (Phi) is 5.00. The molecule has 1 spiro atoms. The van der Waals surface area contributed by atoms with Gasteiger partial charge in [-0.05, 0) is 60.4 Å². The van der Waals surface area contributed by atoms with E-state index in [9.17, 15) is 9.59 Å². The molecule has 0 radical (unpaired) electrons. The summed E-state index contributed by atoms with van der Waals surface area (Å²) in [6.07, 6.45) is 0.784. The number of H-pyrrole nitrogens is 1. The molecule has 4 aromatic rings. The third-order valence-electron chi connectivity index (χ3n) is 7.01. The highest BCUT2D eigenvalue weighted by Crippen LogP contribution is 2.66. The van der Waals surface area contributed by atoms with Crippen molar-refractivity contribution in [3.05, 3.63) is 112 Å². The number of hydrogen-bond donors (Lipinski definition) is 2. The molecule has 3 aromatic carbocycles. The van der Waals surface area contributed by atoms with Gasteiger partial charge in [0.05, 0.1) is 12.0 Å². The van der Waals surface area contributed by atoms with Gasteiger partial charge in [-0.1, -0.05) is 54.1 Å². The van der Waals surface area contributed by atoms with Gasteiger partial charge in [0.15, 0.2) is 5.82 Å². The van der Waals surface area contributed by atoms with Gasteiger partial charge in [0.25, 0.3) is 5.91 Å². The number of amides is 2. The SMILES string of the molecule is Cc1cc(NC(=O)c2cccc(CN3C(=O)C4(CC4c4ccc(Cl)cc4)c4ccccc43)c2)n[nH]1. The fourth-order valence-electron chi connectivity index (χ4n) is 5.27. The van der Waals surface area contributed by atoms with Crippen LogP contribution in [-0.2, 0) is 16.8 Å². The summed E-state index contributed by atoms with van der Waals surface area (Å²) >= 11 is 6.08. The van der Waals surface area contributed by atoms with E-state index in [1.165, 1.54) is 0 Å². The van der Waals surface area contributed by atoms with Crippen molar-refractivity contribution >= 4 is 34.9 Å². The Morgan fingerprint density at radius 1 is 1.11 bits per heavy atom. The van der Waals surface area contributed by atoms with E-state index in [1.54, 1.807) is 12.1 Å². The fraction of sp³-hybridized carbons (Fsp3) is 0.179. The number of halogens is 1. The van der Waals surface area contributed by atoms with Crippen LogP contribution in [-0.4, -0.2) is 22.0 Å². The van der Waals surface area contributed by atoms with Gasteiger partial charge in [-0.25, -0.2) is 0 Å². The van der Waals surface area contributed by atoms with E-state index in [-0.39, 0.29) is 17.7 Å². The molecule has 2 N–H and O–H groups in total. The van der Waals surface area contributed by atoms with Crippen molar-refractivity contribution in [2.75, 3.05) is 10.2 Å². The van der Waals surface area contributed by atoms with Crippen molar-refractivity contribution in [2.45, 2.75) is 31.2 Å². The number of carbonyl (C=O) groups excluding carboxylic acids is 2. The highest BCUT2D eigenvalue weighted by molar-refractivity contribution is 6.30. The zero-order valence-corrected chi connectivity index (χ0v) is 19.8. The summed E-state index contributed by atoms with van der Waals surface area (Å²) in [5, 5.41) is 10.4. The molecule has 1 aliphatic heterocycles. The lowest BCUT2D eigenvalue weighted by atomic mass is 9.92. The van der Waals surface area contributed by atoms with Crippen molar-refractivity contribution < 1.29 is 9.59 Å². The van der Waals surface area contributed by atoms with Gasteiger partial charge < -0.3 is 10.2 Å². The monoisotopic (exact) mass is 482 g/mol. The zero-order chi connectivity index (χ0) is 24.2. The van der Waals surface area contributed by atoms with Gasteiger partial charge in [0.1, 0.15) is 0 Å². The van der Waals surface area contributed by atoms with Crippen LogP contribution in [0.2, 0.25) is 5.02 Å². The van der Waals surface area contributed by atoms with Crippen molar-refractivity contribution in [3.8, 4) is 0 Å². The number of anilines is 2. The molecule has 35 heavy (non-hydrogen) atoms. The molecule has 174 valence electrons. The minimum atomic E-state index is -0.531. The van der Waals surface area contributed by atoms with Crippen molar-refractivity contribution in [2.24, 2.45) is 0 Å². The first-order chi connectivity index (χ1) is 17.0. The average Bonchev–Trinajstić information content (AvgIpc) is 3.43. The number of rotatable bonds is 5. The van der Waals surface area contributed by atoms with E-state index < -0.39 is 5.41 Å². The third-order valence-corrected chi connectivity index (χ3v) is 7.26. The Morgan fingerprint density at radius 2 is 1.91 bits per heavy atom. The van der Waals surface area contributed by atoms with Crippen LogP contribution >= 0.6 is 11.6 Å². The number of nitrogens with one attached hydrogen (secondary N) is 2. The lowest BCUT2D eigenvalue weighted by molar-refractivity contribution is -0.120. The van der Waals surface area contributed by atoms with Crippen molar-refractivity contribution in [1.29, 1.82) is 0 Å². The second-order valence-corrected chi connectivity index (χ2v) is 9.72. The summed E-state index contributed by atoms with van der Waals surface area (Å²) in [4.78, 5) is 28.5. The van der Waals surface area contributed by atoms with Crippen LogP contribution < -0.4 is 10.2 Å². The molecule has 2 amide bonds. The van der Waals surface area contributed by atoms with E-state index >= 15 is 0 Å². The van der Waals surface area contributed by atoms with Crippen LogP contribution in [0.4, 0.5) is 11.5 Å². The number of aryl methyl sites for hydroxylation is 1. The first kappa shape index (κ1) is 21.6. The zero-order valence-electron chi connectivity index (χ0n) is 19.1. The number of hydrogen-bond acceptors (Lipinski definition) is 3. The van der Waals surface area contributed by atoms with E-state index in [2.05, 4.69) is 21.6 Å². The minimum absolute atomic E-state index is 0.112. The topological polar surface area (TPSA) is 78.1 Å². The molecule has 6 nitrogen and oxygen atoms in total. The smallest absolute Gasteiger partial charge is 0.256 e. The molecule has 6 rings (SSSR count). The molecule has 2 unspecified atom stereocenters. The number of aromatic nitrogens is 2. The summed E-state index contributed by atoms with van der Waals surface area (Å²) in [7, 11) is 0. The molecule has 2 heterocycles. The molecule has 7 heteroatoms. The van der Waals surface area contributed by atoms with Gasteiger partial charge in [0.2, 0.25) is 5.91 Å². The second-order valence-electron chi connectivity index (χ2n) is 9.28. The minimum Gasteiger partial charge on any atom is -0.307 e. The molecule has 1 fully saturated rings. The van der Waals surface area contributed by atoms with Crippen LogP contribution in [0.15, 0.2) is 78.9 Å². The lowest BCUT2D eigenvalue weighted by Gasteiger charge is -2.19. The Bertz CT molecular complexity index is 1460. The highest BCUT2D eigenvalue weighted by Gasteiger charge is 2.67. The van der Waals surface area contributed by atoms with Crippen molar-refractivity contribution in [1.82, 2.24) is 10.2 Å². The number of benzene rings is 3. The maximum atomic E-state index is 13.9. The second kappa shape index (κ2) is 8.10. The van der Waals surface area contributed by atoms with Crippen LogP contribution in [0.1, 0.15) is 45.1 Å². The fourth-order valence-corrected chi connectivity index (χ4v) is 5.39. The quantitative estimate of drug-likeness (QED) is 0.389. The molecule has 0 saturated heterocycles. The maximum Gasteiger partial charge on any atom is 0.256 e. The van der Waals surface area contributed by atoms with Crippen LogP contribution in [0, 0.1) is 6.92 Å². The van der Waals surface area contributed by atoms with Crippen LogP contribution in [0.3, 0.4) is 0 Å². The molecule has 1 saturated carbocycles. The molecule has 0 bridgehead atoms. The predicted octanol–water partition coefficient (Wildman–Crippen LogP) is 5.60. The summed E-state index contributed by atoms with van der Waals surface area (Å²) in [6.45, 7) is 2.27. The van der Waals surface area contributed by atoms with Gasteiger partial charge >= 0.3 is 0 Å². The lowest BCUT2D eigenvalue weighted by Crippen LogP contribution is -2.32. The summed E-state index contributed by atoms with van der Waals surface area (Å²) in [5.74, 6) is 0.478. The number of nitrogens with zero attached hydrogens (tertiary/aromatic N) is 2. The number of para-hydroxylation sites is 1. The first-order valence-electron chi connectivity index (χ1n) is 11.5. The summed E-state index contributed by atoms with van der Waals surface area (Å²) < 4.78 is 0. The van der Waals surface area contributed by atoms with Crippen molar-refractivity contribution in [3.63, 3.8) is 0 Å². The third kappa shape index (κ3) is 3.61. The van der Waals surface area contributed by atoms with Gasteiger partial charge in [-0.15, -0.1) is 0 Å². The van der Waals surface area contributed by atoms with E-state index in [0.29, 0.717) is 22.9 Å². The average molecular weight is 483 g/mol. The van der Waals surface area contributed by atoms with E-state index in [4.69, 9.17) is 11.6 Å². The van der Waals surface area contributed by atoms with E-state index in [1.807, 2.05) is 72.5 Å². The molecule has 2 atom stereocenters. The van der Waals surface area contributed by atoms with E-state index in [0.717, 1.165) is 34.5 Å². The Balaban J connectivity index is 1.27. The number of aromatic amines is 1. The molecular formula is C28H23ClN4O2. The predicted molar refractivity (Wildman–Crippen MR) is 136 cm³/mol. The van der Waals surface area contributed by atoms with Gasteiger partial charge in [0, 0.05) is 34.0 Å². The van der Waals surface area contributed by atoms with Crippen LogP contribution in [0.5, 0.6) is 0 Å². The molecular weight excluding hydrogens is 460 g/mol. The highest BCUT2D eigenvalue weighted by atomic mass is 35.5. The molecule has 1 aliphatic carbocycles. The molecule has 2 aliphatic rings. The summed E-state index contributed by atoms with van der Waals surface area (Å²) in [5.41, 5.74) is 4.89. The number of fused-ring (bicyclic) bond motifs is 2. The number of carbonyl (C=O) groups is 2. The van der Waals surface area contributed by atoms with Gasteiger partial charge in [-0.3, -0.25) is 14.7 Å². The van der Waals surface area contributed by atoms with Gasteiger partial charge in [-0.2, -0.15) is 5.10 Å². The summed E-state index contributed by atoms with van der Waals surface area (Å²) in [6, 6.07) is 25.0. The normalized spacial score (nSPS) is 20.2. The standard InChI is InChI=1S/C28H23ClN4O2/c1-17-13-25(32-31-17)30-26(34)20-6-4-5-18(14-20)16-33-24-8-3-2-7-22(24)28(27(33)35)15-23(28)19-9-11-21(29)12-10-19/h2-14,23H,15-16H2,1H3,(H2,30,31,32,34). The Hall–Kier alpha value is -3.90. The molecule has 1 aromatic heterocycles. The van der Waals surface area contributed by atoms with Crippen LogP contribution in [0.25, 0.3) is 0 Å². The Labute approximate surface area is 207 Å².